The van der Waals surface area contributed by atoms with Gasteiger partial charge in [-0.05, 0) is 43.4 Å². The summed E-state index contributed by atoms with van der Waals surface area (Å²) >= 11 is 0. The number of aryl methyl sites for hydroxylation is 3. The maximum Gasteiger partial charge on any atom is 0.223 e. The van der Waals surface area contributed by atoms with Crippen molar-refractivity contribution in [2.75, 3.05) is 19.8 Å². The fourth-order valence-electron chi connectivity index (χ4n) is 3.63. The molecule has 0 radical (unpaired) electrons. The van der Waals surface area contributed by atoms with Crippen molar-refractivity contribution in [1.29, 1.82) is 0 Å². The third-order valence-corrected chi connectivity index (χ3v) is 5.05. The average Bonchev–Trinajstić information content (AvgIpc) is 3.00. The van der Waals surface area contributed by atoms with Crippen LogP contribution in [0.3, 0.4) is 0 Å². The van der Waals surface area contributed by atoms with Gasteiger partial charge in [-0.3, -0.25) is 9.48 Å². The van der Waals surface area contributed by atoms with Crippen LogP contribution in [-0.4, -0.2) is 40.3 Å². The fourth-order valence-corrected chi connectivity index (χ4v) is 3.63. The zero-order chi connectivity index (χ0) is 17.8. The summed E-state index contributed by atoms with van der Waals surface area (Å²) in [5.41, 5.74) is 4.84. The molecule has 2 aromatic rings. The van der Waals surface area contributed by atoms with E-state index in [4.69, 9.17) is 4.74 Å². The van der Waals surface area contributed by atoms with E-state index in [0.717, 1.165) is 25.1 Å². The lowest BCUT2D eigenvalue weighted by atomic mass is 9.98. The second-order valence-electron chi connectivity index (χ2n) is 6.62. The minimum atomic E-state index is -0.0411. The van der Waals surface area contributed by atoms with Gasteiger partial charge in [-0.25, -0.2) is 0 Å². The Morgan fingerprint density at radius 2 is 2.16 bits per heavy atom. The van der Waals surface area contributed by atoms with E-state index in [1.807, 2.05) is 41.9 Å². The predicted octanol–water partition coefficient (Wildman–Crippen LogP) is 2.82. The van der Waals surface area contributed by atoms with Crippen LogP contribution < -0.4 is 0 Å². The van der Waals surface area contributed by atoms with E-state index in [-0.39, 0.29) is 11.9 Å². The van der Waals surface area contributed by atoms with Gasteiger partial charge in [-0.15, -0.1) is 0 Å². The summed E-state index contributed by atoms with van der Waals surface area (Å²) in [5.74, 6) is 0.194. The maximum absolute atomic E-state index is 12.9. The van der Waals surface area contributed by atoms with Gasteiger partial charge < -0.3 is 9.64 Å². The van der Waals surface area contributed by atoms with Crippen molar-refractivity contribution in [3.8, 4) is 0 Å². The average molecular weight is 341 g/mol. The molecule has 0 unspecified atom stereocenters. The summed E-state index contributed by atoms with van der Waals surface area (Å²) in [6.45, 7) is 5.99. The van der Waals surface area contributed by atoms with Gasteiger partial charge in [0, 0.05) is 26.6 Å². The Labute approximate surface area is 149 Å². The number of fused-ring (bicyclic) bond motifs is 1. The summed E-state index contributed by atoms with van der Waals surface area (Å²) in [7, 11) is 1.94. The molecule has 1 aromatic heterocycles. The molecule has 1 amide bonds. The molecule has 5 nitrogen and oxygen atoms in total. The quantitative estimate of drug-likeness (QED) is 0.812. The molecular weight excluding hydrogens is 314 g/mol. The Balaban J connectivity index is 1.74. The Morgan fingerprint density at radius 3 is 2.92 bits per heavy atom. The zero-order valence-electron chi connectivity index (χ0n) is 15.4. The van der Waals surface area contributed by atoms with Gasteiger partial charge in [0.1, 0.15) is 0 Å². The highest BCUT2D eigenvalue weighted by molar-refractivity contribution is 5.77. The van der Waals surface area contributed by atoms with Gasteiger partial charge >= 0.3 is 0 Å². The molecule has 5 heteroatoms. The molecule has 0 aliphatic carbocycles. The van der Waals surface area contributed by atoms with Crippen LogP contribution >= 0.6 is 0 Å². The fraction of sp³-hybridized carbons (Fsp3) is 0.500. The van der Waals surface area contributed by atoms with Gasteiger partial charge in [0.05, 0.1) is 24.5 Å². The van der Waals surface area contributed by atoms with Crippen LogP contribution in [0.1, 0.15) is 41.8 Å². The van der Waals surface area contributed by atoms with Crippen molar-refractivity contribution in [2.45, 2.75) is 39.2 Å². The molecule has 0 saturated heterocycles. The van der Waals surface area contributed by atoms with Crippen molar-refractivity contribution < 1.29 is 9.53 Å². The second-order valence-corrected chi connectivity index (χ2v) is 6.62. The minimum absolute atomic E-state index is 0.0411. The Kier molecular flexibility index (Phi) is 5.53. The number of nitrogens with zero attached hydrogens (tertiary/aromatic N) is 3. The first-order chi connectivity index (χ1) is 12.1. The molecule has 3 rings (SSSR count). The Hall–Kier alpha value is -2.14. The highest BCUT2D eigenvalue weighted by Crippen LogP contribution is 2.30. The summed E-state index contributed by atoms with van der Waals surface area (Å²) < 4.78 is 7.57. The Morgan fingerprint density at radius 1 is 1.36 bits per heavy atom. The lowest BCUT2D eigenvalue weighted by Crippen LogP contribution is -2.42. The van der Waals surface area contributed by atoms with Crippen LogP contribution in [0.25, 0.3) is 0 Å². The van der Waals surface area contributed by atoms with Crippen LogP contribution in [-0.2, 0) is 29.4 Å². The molecule has 2 heterocycles. The van der Waals surface area contributed by atoms with E-state index in [2.05, 4.69) is 24.2 Å². The van der Waals surface area contributed by atoms with Crippen molar-refractivity contribution >= 4 is 5.91 Å². The normalized spacial score (nSPS) is 16.8. The minimum Gasteiger partial charge on any atom is -0.379 e. The number of hydrogen-bond acceptors (Lipinski definition) is 3. The molecule has 0 fully saturated rings. The smallest absolute Gasteiger partial charge is 0.223 e. The van der Waals surface area contributed by atoms with E-state index in [0.29, 0.717) is 19.6 Å². The molecule has 134 valence electrons. The van der Waals surface area contributed by atoms with E-state index in [1.54, 1.807) is 0 Å². The third-order valence-electron chi connectivity index (χ3n) is 5.05. The van der Waals surface area contributed by atoms with Crippen molar-refractivity contribution in [1.82, 2.24) is 14.7 Å². The molecule has 1 aliphatic heterocycles. The zero-order valence-corrected chi connectivity index (χ0v) is 15.4. The van der Waals surface area contributed by atoms with Crippen LogP contribution in [0.5, 0.6) is 0 Å². The molecule has 0 bridgehead atoms. The summed E-state index contributed by atoms with van der Waals surface area (Å²) in [6.07, 6.45) is 4.09. The van der Waals surface area contributed by atoms with Crippen LogP contribution in [0.2, 0.25) is 0 Å². The van der Waals surface area contributed by atoms with Crippen LogP contribution in [0, 0.1) is 6.92 Å². The topological polar surface area (TPSA) is 47.4 Å². The number of ether oxygens (including phenoxy) is 1. The van der Waals surface area contributed by atoms with Crippen molar-refractivity contribution in [3.63, 3.8) is 0 Å². The van der Waals surface area contributed by atoms with Gasteiger partial charge in [0.25, 0.3) is 0 Å². The summed E-state index contributed by atoms with van der Waals surface area (Å²) in [5, 5.41) is 4.38. The summed E-state index contributed by atoms with van der Waals surface area (Å²) in [4.78, 5) is 14.9. The van der Waals surface area contributed by atoms with Gasteiger partial charge in [-0.1, -0.05) is 24.3 Å². The number of benzene rings is 1. The SMILES string of the molecule is CCOC[C@@H]1c2c(cnn2C)CCN1C(=O)CCc1ccccc1C. The molecular formula is C20H27N3O2. The lowest BCUT2D eigenvalue weighted by Gasteiger charge is -2.36. The molecule has 0 saturated carbocycles. The van der Waals surface area contributed by atoms with Crippen molar-refractivity contribution in [2.24, 2.45) is 7.05 Å². The van der Waals surface area contributed by atoms with Gasteiger partial charge in [0.2, 0.25) is 5.91 Å². The second kappa shape index (κ2) is 7.83. The summed E-state index contributed by atoms with van der Waals surface area (Å²) in [6, 6.07) is 8.23. The number of carbonyl (C=O) groups excluding carboxylic acids is 1. The first-order valence-electron chi connectivity index (χ1n) is 9.04. The number of amides is 1. The molecule has 1 aliphatic rings. The monoisotopic (exact) mass is 341 g/mol. The van der Waals surface area contributed by atoms with Gasteiger partial charge in [-0.2, -0.15) is 5.10 Å². The largest absolute Gasteiger partial charge is 0.379 e. The maximum atomic E-state index is 12.9. The van der Waals surface area contributed by atoms with Crippen molar-refractivity contribution in [3.05, 3.63) is 52.8 Å². The van der Waals surface area contributed by atoms with E-state index in [1.165, 1.54) is 16.7 Å². The third kappa shape index (κ3) is 3.76. The van der Waals surface area contributed by atoms with E-state index < -0.39 is 0 Å². The first-order valence-corrected chi connectivity index (χ1v) is 9.04. The standard InChI is InChI=1S/C20H27N3O2/c1-4-25-14-18-20-17(13-21-22(20)3)11-12-23(18)19(24)10-9-16-8-6-5-7-15(16)2/h5-8,13,18H,4,9-12,14H2,1-3H3/t18-/m1/s1. The van der Waals surface area contributed by atoms with E-state index >= 15 is 0 Å². The van der Waals surface area contributed by atoms with Crippen LogP contribution in [0.15, 0.2) is 30.5 Å². The molecule has 0 spiro atoms. The number of rotatable bonds is 6. The highest BCUT2D eigenvalue weighted by atomic mass is 16.5. The highest BCUT2D eigenvalue weighted by Gasteiger charge is 2.33. The number of aromatic nitrogens is 2. The Bertz CT molecular complexity index is 738. The number of hydrogen-bond donors (Lipinski definition) is 0. The molecule has 1 aromatic carbocycles. The van der Waals surface area contributed by atoms with Gasteiger partial charge in [0.15, 0.2) is 0 Å². The molecule has 0 N–H and O–H groups in total. The van der Waals surface area contributed by atoms with Crippen LogP contribution in [0.4, 0.5) is 0 Å². The molecule has 25 heavy (non-hydrogen) atoms. The lowest BCUT2D eigenvalue weighted by molar-refractivity contribution is -0.135. The predicted molar refractivity (Wildman–Crippen MR) is 97.4 cm³/mol. The number of carbonyl (C=O) groups is 1. The molecule has 1 atom stereocenters. The van der Waals surface area contributed by atoms with E-state index in [9.17, 15) is 4.79 Å². The first kappa shape index (κ1) is 17.7.